The number of rotatable bonds is 2. The molecule has 7 nitrogen and oxygen atoms in total. The summed E-state index contributed by atoms with van der Waals surface area (Å²) in [5, 5.41) is 0.226. The zero-order valence-electron chi connectivity index (χ0n) is 13.2. The molecule has 2 saturated heterocycles. The molecule has 22 heavy (non-hydrogen) atoms. The van der Waals surface area contributed by atoms with Gasteiger partial charge < -0.3 is 19.3 Å². The summed E-state index contributed by atoms with van der Waals surface area (Å²) in [5.41, 5.74) is 0. The normalized spacial score (nSPS) is 29.7. The van der Waals surface area contributed by atoms with E-state index in [2.05, 4.69) is 45.5 Å². The fourth-order valence-corrected chi connectivity index (χ4v) is 3.15. The van der Waals surface area contributed by atoms with Crippen LogP contribution >= 0.6 is 11.6 Å². The molecular formula is C14H22ClN5O2. The van der Waals surface area contributed by atoms with Gasteiger partial charge in [-0.25, -0.2) is 0 Å². The van der Waals surface area contributed by atoms with E-state index in [0.29, 0.717) is 38.3 Å². The molecule has 0 N–H and O–H groups in total. The number of anilines is 2. The van der Waals surface area contributed by atoms with Crippen molar-refractivity contribution in [3.63, 3.8) is 0 Å². The molecule has 0 amide bonds. The predicted molar refractivity (Wildman–Crippen MR) is 84.7 cm³/mol. The van der Waals surface area contributed by atoms with E-state index in [1.54, 1.807) is 0 Å². The van der Waals surface area contributed by atoms with Gasteiger partial charge in [-0.2, -0.15) is 15.0 Å². The van der Waals surface area contributed by atoms with Crippen LogP contribution in [0.5, 0.6) is 0 Å². The molecule has 8 heteroatoms. The summed E-state index contributed by atoms with van der Waals surface area (Å²) in [5.74, 6) is 1.24. The molecule has 3 rings (SSSR count). The van der Waals surface area contributed by atoms with Crippen molar-refractivity contribution in [1.29, 1.82) is 0 Å². The van der Waals surface area contributed by atoms with Crippen molar-refractivity contribution in [3.8, 4) is 0 Å². The number of ether oxygens (including phenoxy) is 2. The van der Waals surface area contributed by atoms with E-state index in [4.69, 9.17) is 21.1 Å². The number of hydrogen-bond donors (Lipinski definition) is 0. The second kappa shape index (κ2) is 6.52. The van der Waals surface area contributed by atoms with Crippen LogP contribution in [0.15, 0.2) is 0 Å². The smallest absolute Gasteiger partial charge is 0.232 e. The first-order valence-electron chi connectivity index (χ1n) is 7.68. The Balaban J connectivity index is 1.92. The van der Waals surface area contributed by atoms with Crippen LogP contribution in [-0.2, 0) is 9.47 Å². The van der Waals surface area contributed by atoms with Gasteiger partial charge in [-0.05, 0) is 32.4 Å². The molecule has 3 atom stereocenters. The summed E-state index contributed by atoms with van der Waals surface area (Å²) in [6.45, 7) is 9.73. The molecule has 0 aliphatic carbocycles. The number of hydrogen-bond acceptors (Lipinski definition) is 7. The quantitative estimate of drug-likeness (QED) is 0.812. The lowest BCUT2D eigenvalue weighted by Gasteiger charge is -2.39. The maximum absolute atomic E-state index is 6.15. The Bertz CT molecular complexity index is 522. The lowest BCUT2D eigenvalue weighted by molar-refractivity contribution is 0.0746. The highest BCUT2D eigenvalue weighted by molar-refractivity contribution is 6.28. The summed E-state index contributed by atoms with van der Waals surface area (Å²) < 4.78 is 11.0. The molecule has 1 aromatic heterocycles. The maximum Gasteiger partial charge on any atom is 0.232 e. The predicted octanol–water partition coefficient (Wildman–Crippen LogP) is 1.36. The van der Waals surface area contributed by atoms with Gasteiger partial charge in [0.05, 0.1) is 44.6 Å². The second-order valence-corrected chi connectivity index (χ2v) is 6.30. The van der Waals surface area contributed by atoms with Crippen LogP contribution < -0.4 is 9.80 Å². The van der Waals surface area contributed by atoms with Crippen molar-refractivity contribution in [2.75, 3.05) is 42.8 Å². The van der Waals surface area contributed by atoms with E-state index in [-0.39, 0.29) is 23.4 Å². The SMILES string of the molecule is C[C@@H]1COCCN1c1nc(Cl)nc(N2[C@@H](C)COC[C@@H]2C)n1. The summed E-state index contributed by atoms with van der Waals surface area (Å²) >= 11 is 6.15. The highest BCUT2D eigenvalue weighted by Gasteiger charge is 2.30. The Hall–Kier alpha value is -1.18. The summed E-state index contributed by atoms with van der Waals surface area (Å²) in [4.78, 5) is 17.6. The van der Waals surface area contributed by atoms with Gasteiger partial charge in [0.2, 0.25) is 17.2 Å². The van der Waals surface area contributed by atoms with Gasteiger partial charge in [-0.15, -0.1) is 0 Å². The molecule has 0 spiro atoms. The van der Waals surface area contributed by atoms with Crippen molar-refractivity contribution in [1.82, 2.24) is 15.0 Å². The van der Waals surface area contributed by atoms with Gasteiger partial charge in [-0.3, -0.25) is 0 Å². The highest BCUT2D eigenvalue weighted by Crippen LogP contribution is 2.24. The molecule has 0 aromatic carbocycles. The van der Waals surface area contributed by atoms with Crippen LogP contribution in [0.4, 0.5) is 11.9 Å². The maximum atomic E-state index is 6.15. The van der Waals surface area contributed by atoms with Crippen LogP contribution in [0.25, 0.3) is 0 Å². The number of halogens is 1. The van der Waals surface area contributed by atoms with Crippen molar-refractivity contribution in [2.24, 2.45) is 0 Å². The van der Waals surface area contributed by atoms with Crippen molar-refractivity contribution in [2.45, 2.75) is 38.9 Å². The van der Waals surface area contributed by atoms with Gasteiger partial charge >= 0.3 is 0 Å². The van der Waals surface area contributed by atoms with Gasteiger partial charge in [0.1, 0.15) is 0 Å². The third-order valence-electron chi connectivity index (χ3n) is 4.11. The fraction of sp³-hybridized carbons (Fsp3) is 0.786. The van der Waals surface area contributed by atoms with Gasteiger partial charge in [0.25, 0.3) is 0 Å². The lowest BCUT2D eigenvalue weighted by Crippen LogP contribution is -2.51. The Kier molecular flexibility index (Phi) is 4.65. The highest BCUT2D eigenvalue weighted by atomic mass is 35.5. The molecule has 2 aliphatic rings. The summed E-state index contributed by atoms with van der Waals surface area (Å²) in [6, 6.07) is 0.633. The Morgan fingerprint density at radius 1 is 0.909 bits per heavy atom. The van der Waals surface area contributed by atoms with Crippen LogP contribution in [0.1, 0.15) is 20.8 Å². The monoisotopic (exact) mass is 327 g/mol. The zero-order chi connectivity index (χ0) is 15.7. The van der Waals surface area contributed by atoms with E-state index in [1.165, 1.54) is 0 Å². The number of morpholine rings is 2. The molecule has 0 unspecified atom stereocenters. The average Bonchev–Trinajstić information content (AvgIpc) is 2.47. The van der Waals surface area contributed by atoms with Gasteiger partial charge in [0.15, 0.2) is 0 Å². The van der Waals surface area contributed by atoms with E-state index in [1.807, 2.05) is 0 Å². The standard InChI is InChI=1S/C14H22ClN5O2/c1-9-6-21-5-4-19(9)13-16-12(15)17-14(18-13)20-10(2)7-22-8-11(20)3/h9-11H,4-8H2,1-3H3/t9-,10+,11+/m1/s1. The third kappa shape index (κ3) is 3.11. The first-order valence-corrected chi connectivity index (χ1v) is 8.06. The number of aromatic nitrogens is 3. The molecule has 0 saturated carbocycles. The first kappa shape index (κ1) is 15.7. The molecule has 122 valence electrons. The minimum absolute atomic E-state index is 0.206. The van der Waals surface area contributed by atoms with Crippen LogP contribution in [0, 0.1) is 0 Å². The molecule has 2 aliphatic heterocycles. The van der Waals surface area contributed by atoms with E-state index < -0.39 is 0 Å². The molecule has 1 aromatic rings. The Labute approximate surface area is 135 Å². The average molecular weight is 328 g/mol. The largest absolute Gasteiger partial charge is 0.377 e. The minimum atomic E-state index is 0.206. The van der Waals surface area contributed by atoms with Crippen LogP contribution in [-0.4, -0.2) is 66.0 Å². The summed E-state index contributed by atoms with van der Waals surface area (Å²) in [7, 11) is 0. The molecule has 0 bridgehead atoms. The number of nitrogens with zero attached hydrogens (tertiary/aromatic N) is 5. The van der Waals surface area contributed by atoms with Crippen molar-refractivity contribution in [3.05, 3.63) is 5.28 Å². The topological polar surface area (TPSA) is 63.6 Å². The van der Waals surface area contributed by atoms with Gasteiger partial charge in [0, 0.05) is 6.54 Å². The Morgan fingerprint density at radius 2 is 1.55 bits per heavy atom. The minimum Gasteiger partial charge on any atom is -0.377 e. The van der Waals surface area contributed by atoms with E-state index >= 15 is 0 Å². The summed E-state index contributed by atoms with van der Waals surface area (Å²) in [6.07, 6.45) is 0. The van der Waals surface area contributed by atoms with Crippen LogP contribution in [0.2, 0.25) is 5.28 Å². The third-order valence-corrected chi connectivity index (χ3v) is 4.28. The molecular weight excluding hydrogens is 306 g/mol. The van der Waals surface area contributed by atoms with Crippen molar-refractivity contribution < 1.29 is 9.47 Å². The molecule has 3 heterocycles. The van der Waals surface area contributed by atoms with E-state index in [0.717, 1.165) is 6.54 Å². The Morgan fingerprint density at radius 3 is 2.23 bits per heavy atom. The van der Waals surface area contributed by atoms with Crippen LogP contribution in [0.3, 0.4) is 0 Å². The van der Waals surface area contributed by atoms with Gasteiger partial charge in [-0.1, -0.05) is 0 Å². The molecule has 2 fully saturated rings. The second-order valence-electron chi connectivity index (χ2n) is 5.96. The van der Waals surface area contributed by atoms with Crippen molar-refractivity contribution >= 4 is 23.5 Å². The first-order chi connectivity index (χ1) is 10.6. The molecule has 0 radical (unpaired) electrons. The fourth-order valence-electron chi connectivity index (χ4n) is 3.00. The lowest BCUT2D eigenvalue weighted by atomic mass is 10.2. The van der Waals surface area contributed by atoms with E-state index in [9.17, 15) is 0 Å². The zero-order valence-corrected chi connectivity index (χ0v) is 14.0.